The number of carbonyl (C=O) groups is 1. The summed E-state index contributed by atoms with van der Waals surface area (Å²) in [5, 5.41) is 8.38. The molecule has 18 heavy (non-hydrogen) atoms. The molecule has 0 aliphatic heterocycles. The number of hydrogen-bond acceptors (Lipinski definition) is 4. The third kappa shape index (κ3) is 4.57. The second kappa shape index (κ2) is 6.78. The Hall–Kier alpha value is -1.85. The SMILES string of the molecule is CNC(=O)N[C@@H](C)CNc1nccc(C(C)C)n1. The highest BCUT2D eigenvalue weighted by Crippen LogP contribution is 2.11. The van der Waals surface area contributed by atoms with Crippen LogP contribution in [0.1, 0.15) is 32.4 Å². The van der Waals surface area contributed by atoms with E-state index in [1.165, 1.54) is 0 Å². The van der Waals surface area contributed by atoms with E-state index in [0.29, 0.717) is 18.4 Å². The van der Waals surface area contributed by atoms with Crippen molar-refractivity contribution in [3.63, 3.8) is 0 Å². The van der Waals surface area contributed by atoms with E-state index < -0.39 is 0 Å². The van der Waals surface area contributed by atoms with Crippen molar-refractivity contribution in [2.45, 2.75) is 32.7 Å². The third-order valence-electron chi connectivity index (χ3n) is 2.44. The van der Waals surface area contributed by atoms with E-state index in [-0.39, 0.29) is 12.1 Å². The Kier molecular flexibility index (Phi) is 5.35. The van der Waals surface area contributed by atoms with Gasteiger partial charge in [-0.1, -0.05) is 13.8 Å². The molecule has 0 aliphatic carbocycles. The molecule has 1 heterocycles. The maximum atomic E-state index is 11.1. The Morgan fingerprint density at radius 3 is 2.72 bits per heavy atom. The van der Waals surface area contributed by atoms with Gasteiger partial charge in [-0.05, 0) is 18.9 Å². The first-order valence-corrected chi connectivity index (χ1v) is 6.08. The minimum absolute atomic E-state index is 0.00347. The van der Waals surface area contributed by atoms with Crippen LogP contribution in [0.5, 0.6) is 0 Å². The summed E-state index contributed by atoms with van der Waals surface area (Å²) in [6.07, 6.45) is 1.74. The van der Waals surface area contributed by atoms with Crippen LogP contribution in [0, 0.1) is 0 Å². The number of carbonyl (C=O) groups excluding carboxylic acids is 1. The van der Waals surface area contributed by atoms with Crippen molar-refractivity contribution in [3.05, 3.63) is 18.0 Å². The standard InChI is InChI=1S/C12H21N5O/c1-8(2)10-5-6-14-11(17-10)15-7-9(3)16-12(18)13-4/h5-6,8-9H,7H2,1-4H3,(H2,13,16,18)(H,14,15,17)/t9-/m0/s1. The average molecular weight is 251 g/mol. The molecular weight excluding hydrogens is 230 g/mol. The molecule has 0 fully saturated rings. The molecule has 0 bridgehead atoms. The number of aromatic nitrogens is 2. The molecule has 0 saturated carbocycles. The van der Waals surface area contributed by atoms with Crippen molar-refractivity contribution in [2.75, 3.05) is 18.9 Å². The molecule has 3 N–H and O–H groups in total. The van der Waals surface area contributed by atoms with Crippen LogP contribution in [-0.2, 0) is 0 Å². The fraction of sp³-hybridized carbons (Fsp3) is 0.583. The maximum Gasteiger partial charge on any atom is 0.314 e. The van der Waals surface area contributed by atoms with Gasteiger partial charge in [0.15, 0.2) is 0 Å². The Morgan fingerprint density at radius 1 is 1.39 bits per heavy atom. The van der Waals surface area contributed by atoms with Crippen LogP contribution in [0.15, 0.2) is 12.3 Å². The molecular formula is C12H21N5O. The molecule has 0 unspecified atom stereocenters. The van der Waals surface area contributed by atoms with Crippen LogP contribution in [0.25, 0.3) is 0 Å². The molecule has 1 rings (SSSR count). The summed E-state index contributed by atoms with van der Waals surface area (Å²) in [6, 6.07) is 1.71. The summed E-state index contributed by atoms with van der Waals surface area (Å²) in [4.78, 5) is 19.6. The lowest BCUT2D eigenvalue weighted by molar-refractivity contribution is 0.240. The van der Waals surface area contributed by atoms with Crippen LogP contribution in [-0.4, -0.2) is 35.6 Å². The van der Waals surface area contributed by atoms with E-state index in [1.54, 1.807) is 13.2 Å². The first-order valence-electron chi connectivity index (χ1n) is 6.08. The van der Waals surface area contributed by atoms with Crippen molar-refractivity contribution in [1.82, 2.24) is 20.6 Å². The molecule has 1 atom stereocenters. The van der Waals surface area contributed by atoms with Crippen LogP contribution in [0.2, 0.25) is 0 Å². The van der Waals surface area contributed by atoms with E-state index in [1.807, 2.05) is 13.0 Å². The van der Waals surface area contributed by atoms with Gasteiger partial charge in [-0.2, -0.15) is 0 Å². The second-order valence-corrected chi connectivity index (χ2v) is 4.47. The highest BCUT2D eigenvalue weighted by Gasteiger charge is 2.07. The third-order valence-corrected chi connectivity index (χ3v) is 2.44. The van der Waals surface area contributed by atoms with Gasteiger partial charge < -0.3 is 16.0 Å². The molecule has 2 amide bonds. The minimum atomic E-state index is -0.193. The van der Waals surface area contributed by atoms with E-state index in [4.69, 9.17) is 0 Å². The van der Waals surface area contributed by atoms with Gasteiger partial charge in [0.05, 0.1) is 0 Å². The lowest BCUT2D eigenvalue weighted by Gasteiger charge is -2.14. The molecule has 0 aliphatic rings. The van der Waals surface area contributed by atoms with Gasteiger partial charge in [-0.15, -0.1) is 0 Å². The second-order valence-electron chi connectivity index (χ2n) is 4.47. The monoisotopic (exact) mass is 251 g/mol. The summed E-state index contributed by atoms with van der Waals surface area (Å²) < 4.78 is 0. The first-order chi connectivity index (χ1) is 8.52. The van der Waals surface area contributed by atoms with Crippen molar-refractivity contribution in [1.29, 1.82) is 0 Å². The largest absolute Gasteiger partial charge is 0.352 e. The number of amides is 2. The predicted molar refractivity (Wildman–Crippen MR) is 71.7 cm³/mol. The van der Waals surface area contributed by atoms with Crippen molar-refractivity contribution < 1.29 is 4.79 Å². The van der Waals surface area contributed by atoms with E-state index in [2.05, 4.69) is 39.8 Å². The number of nitrogens with one attached hydrogen (secondary N) is 3. The van der Waals surface area contributed by atoms with E-state index >= 15 is 0 Å². The van der Waals surface area contributed by atoms with Crippen LogP contribution >= 0.6 is 0 Å². The normalized spacial score (nSPS) is 12.1. The zero-order chi connectivity index (χ0) is 13.5. The summed E-state index contributed by atoms with van der Waals surface area (Å²) in [5.74, 6) is 0.960. The molecule has 6 nitrogen and oxygen atoms in total. The molecule has 0 radical (unpaired) electrons. The fourth-order valence-electron chi connectivity index (χ4n) is 1.37. The van der Waals surface area contributed by atoms with Crippen LogP contribution in [0.3, 0.4) is 0 Å². The van der Waals surface area contributed by atoms with Crippen LogP contribution in [0.4, 0.5) is 10.7 Å². The lowest BCUT2D eigenvalue weighted by atomic mass is 10.1. The molecule has 0 spiro atoms. The topological polar surface area (TPSA) is 78.9 Å². The smallest absolute Gasteiger partial charge is 0.314 e. The number of nitrogens with zero attached hydrogens (tertiary/aromatic N) is 2. The van der Waals surface area contributed by atoms with Gasteiger partial charge in [-0.3, -0.25) is 0 Å². The molecule has 0 aromatic carbocycles. The number of rotatable bonds is 5. The first kappa shape index (κ1) is 14.2. The van der Waals surface area contributed by atoms with E-state index in [0.717, 1.165) is 5.69 Å². The van der Waals surface area contributed by atoms with Gasteiger partial charge in [0.1, 0.15) is 0 Å². The maximum absolute atomic E-state index is 11.1. The molecule has 1 aromatic rings. The Bertz CT molecular complexity index is 394. The van der Waals surface area contributed by atoms with Gasteiger partial charge in [-0.25, -0.2) is 14.8 Å². The van der Waals surface area contributed by atoms with Crippen LogP contribution < -0.4 is 16.0 Å². The Labute approximate surface area is 108 Å². The number of urea groups is 1. The molecule has 1 aromatic heterocycles. The van der Waals surface area contributed by atoms with Crippen molar-refractivity contribution in [3.8, 4) is 0 Å². The van der Waals surface area contributed by atoms with Crippen molar-refractivity contribution >= 4 is 12.0 Å². The Morgan fingerprint density at radius 2 is 2.11 bits per heavy atom. The average Bonchev–Trinajstić information content (AvgIpc) is 2.36. The van der Waals surface area contributed by atoms with Crippen molar-refractivity contribution in [2.24, 2.45) is 0 Å². The molecule has 100 valence electrons. The quantitative estimate of drug-likeness (QED) is 0.737. The fourth-order valence-corrected chi connectivity index (χ4v) is 1.37. The summed E-state index contributed by atoms with van der Waals surface area (Å²) in [5.41, 5.74) is 0.999. The summed E-state index contributed by atoms with van der Waals surface area (Å²) in [7, 11) is 1.59. The van der Waals surface area contributed by atoms with E-state index in [9.17, 15) is 4.79 Å². The Balaban J connectivity index is 2.48. The summed E-state index contributed by atoms with van der Waals surface area (Å²) in [6.45, 7) is 6.66. The highest BCUT2D eigenvalue weighted by atomic mass is 16.2. The van der Waals surface area contributed by atoms with Gasteiger partial charge in [0, 0.05) is 31.5 Å². The highest BCUT2D eigenvalue weighted by molar-refractivity contribution is 5.73. The predicted octanol–water partition coefficient (Wildman–Crippen LogP) is 1.33. The molecule has 0 saturated heterocycles. The summed E-state index contributed by atoms with van der Waals surface area (Å²) >= 11 is 0. The van der Waals surface area contributed by atoms with Gasteiger partial charge in [0.25, 0.3) is 0 Å². The number of anilines is 1. The zero-order valence-corrected chi connectivity index (χ0v) is 11.3. The zero-order valence-electron chi connectivity index (χ0n) is 11.3. The lowest BCUT2D eigenvalue weighted by Crippen LogP contribution is -2.42. The van der Waals surface area contributed by atoms with Gasteiger partial charge in [0.2, 0.25) is 5.95 Å². The minimum Gasteiger partial charge on any atom is -0.352 e. The molecule has 6 heteroatoms. The van der Waals surface area contributed by atoms with Gasteiger partial charge >= 0.3 is 6.03 Å². The number of hydrogen-bond donors (Lipinski definition) is 3.